The van der Waals surface area contributed by atoms with Crippen LogP contribution in [0, 0.1) is 0 Å². The monoisotopic (exact) mass is 371 g/mol. The molecule has 0 radical (unpaired) electrons. The Labute approximate surface area is 141 Å². The lowest BCUT2D eigenvalue weighted by atomic mass is 10.1. The Balaban J connectivity index is 2.09. The largest absolute Gasteiger partial charge is 0.416 e. The number of aromatic nitrogens is 2. The van der Waals surface area contributed by atoms with Gasteiger partial charge in [-0.1, -0.05) is 0 Å². The first-order chi connectivity index (χ1) is 11.6. The quantitative estimate of drug-likeness (QED) is 0.810. The first kappa shape index (κ1) is 17.3. The molecule has 132 valence electrons. The lowest BCUT2D eigenvalue weighted by Gasteiger charge is -2.32. The van der Waals surface area contributed by atoms with Gasteiger partial charge in [-0.05, 0) is 31.2 Å². The zero-order chi connectivity index (χ0) is 18.4. The van der Waals surface area contributed by atoms with Crippen LogP contribution in [0.2, 0.25) is 0 Å². The molecule has 0 aromatic carbocycles. The summed E-state index contributed by atoms with van der Waals surface area (Å²) in [5.41, 5.74) is -0.915. The van der Waals surface area contributed by atoms with Gasteiger partial charge in [0.25, 0.3) is 0 Å². The molecule has 1 amide bonds. The summed E-state index contributed by atoms with van der Waals surface area (Å²) in [6.07, 6.45) is -2.24. The molecule has 1 aliphatic heterocycles. The Hall–Kier alpha value is -2.49. The molecular weight excluding hydrogens is 359 g/mol. The van der Waals surface area contributed by atoms with Crippen LogP contribution in [0.4, 0.5) is 19.0 Å². The van der Waals surface area contributed by atoms with E-state index in [1.165, 1.54) is 25.3 Å². The van der Waals surface area contributed by atoms with Gasteiger partial charge in [0.15, 0.2) is 15.7 Å². The fourth-order valence-electron chi connectivity index (χ4n) is 2.62. The number of carbonyl (C=O) groups excluding carboxylic acids is 1. The molecule has 3 heterocycles. The van der Waals surface area contributed by atoms with E-state index in [9.17, 15) is 26.4 Å². The molecule has 2 aromatic heterocycles. The van der Waals surface area contributed by atoms with E-state index in [0.717, 1.165) is 23.2 Å². The zero-order valence-electron chi connectivity index (χ0n) is 12.9. The molecule has 3 rings (SSSR count). The molecule has 0 bridgehead atoms. The van der Waals surface area contributed by atoms with Gasteiger partial charge in [0, 0.05) is 12.4 Å². The van der Waals surface area contributed by atoms with Crippen LogP contribution in [0.25, 0.3) is 0 Å². The predicted molar refractivity (Wildman–Crippen MR) is 81.4 cm³/mol. The molecule has 1 aliphatic rings. The molecule has 1 atom stereocenters. The number of rotatable bonds is 2. The van der Waals surface area contributed by atoms with E-state index in [0.29, 0.717) is 0 Å². The molecule has 1 unspecified atom stereocenters. The number of sulfone groups is 1. The fraction of sp³-hybridized carbons (Fsp3) is 0.267. The third-order valence-electron chi connectivity index (χ3n) is 3.82. The van der Waals surface area contributed by atoms with Crippen LogP contribution in [0.5, 0.6) is 0 Å². The van der Waals surface area contributed by atoms with E-state index in [4.69, 9.17) is 0 Å². The highest BCUT2D eigenvalue weighted by Gasteiger charge is 2.39. The maximum Gasteiger partial charge on any atom is 0.416 e. The highest BCUT2D eigenvalue weighted by atomic mass is 32.2. The molecule has 2 aromatic rings. The summed E-state index contributed by atoms with van der Waals surface area (Å²) in [7, 11) is -3.83. The smallest absolute Gasteiger partial charge is 0.286 e. The minimum atomic E-state index is -4.55. The molecule has 0 fully saturated rings. The summed E-state index contributed by atoms with van der Waals surface area (Å²) in [5.74, 6) is -1.64. The second-order valence-corrected chi connectivity index (χ2v) is 7.45. The van der Waals surface area contributed by atoms with Crippen LogP contribution in [0.15, 0.2) is 41.6 Å². The molecule has 0 aliphatic carbocycles. The van der Waals surface area contributed by atoms with Crippen molar-refractivity contribution < 1.29 is 26.4 Å². The maximum atomic E-state index is 12.9. The minimum Gasteiger partial charge on any atom is -0.286 e. The maximum absolute atomic E-state index is 12.9. The molecule has 0 N–H and O–H groups in total. The summed E-state index contributed by atoms with van der Waals surface area (Å²) in [6, 6.07) is 3.47. The third kappa shape index (κ3) is 3.09. The van der Waals surface area contributed by atoms with Crippen molar-refractivity contribution in [2.24, 2.45) is 0 Å². The van der Waals surface area contributed by atoms with E-state index in [-0.39, 0.29) is 16.4 Å². The van der Waals surface area contributed by atoms with Crippen LogP contribution in [-0.2, 0) is 20.8 Å². The van der Waals surface area contributed by atoms with Gasteiger partial charge in [-0.2, -0.15) is 13.2 Å². The van der Waals surface area contributed by atoms with Crippen LogP contribution in [-0.4, -0.2) is 30.0 Å². The van der Waals surface area contributed by atoms with Crippen LogP contribution < -0.4 is 4.90 Å². The molecule has 0 saturated heterocycles. The molecule has 0 saturated carbocycles. The van der Waals surface area contributed by atoms with Crippen molar-refractivity contribution in [2.75, 3.05) is 10.7 Å². The first-order valence-electron chi connectivity index (χ1n) is 7.14. The van der Waals surface area contributed by atoms with E-state index >= 15 is 0 Å². The minimum absolute atomic E-state index is 0.0147. The Morgan fingerprint density at radius 1 is 1.20 bits per heavy atom. The Bertz CT molecular complexity index is 944. The Morgan fingerprint density at radius 3 is 2.60 bits per heavy atom. The van der Waals surface area contributed by atoms with E-state index < -0.39 is 39.3 Å². The number of carbonyl (C=O) groups is 1. The van der Waals surface area contributed by atoms with Crippen molar-refractivity contribution in [3.05, 3.63) is 47.9 Å². The van der Waals surface area contributed by atoms with Crippen molar-refractivity contribution >= 4 is 21.6 Å². The predicted octanol–water partition coefficient (Wildman–Crippen LogP) is 2.38. The van der Waals surface area contributed by atoms with Gasteiger partial charge in [-0.25, -0.2) is 13.4 Å². The number of hydrogen-bond donors (Lipinski definition) is 0. The number of nitrogens with zero attached hydrogens (tertiary/aromatic N) is 3. The summed E-state index contributed by atoms with van der Waals surface area (Å²) in [6.45, 7) is 1.47. The summed E-state index contributed by atoms with van der Waals surface area (Å²) in [4.78, 5) is 21.1. The normalized spacial score (nSPS) is 17.9. The van der Waals surface area contributed by atoms with Crippen molar-refractivity contribution in [2.45, 2.75) is 24.0 Å². The van der Waals surface area contributed by atoms with Gasteiger partial charge in [0.05, 0.1) is 17.3 Å². The lowest BCUT2D eigenvalue weighted by Crippen LogP contribution is -2.43. The number of fused-ring (bicyclic) bond motifs is 1. The second kappa shape index (κ2) is 5.80. The van der Waals surface area contributed by atoms with Crippen molar-refractivity contribution in [3.63, 3.8) is 0 Å². The average molecular weight is 371 g/mol. The number of pyridine rings is 2. The Kier molecular flexibility index (Phi) is 4.02. The highest BCUT2D eigenvalue weighted by Crippen LogP contribution is 2.36. The average Bonchev–Trinajstić information content (AvgIpc) is 2.53. The van der Waals surface area contributed by atoms with Crippen molar-refractivity contribution in [1.29, 1.82) is 0 Å². The molecular formula is C15H12F3N3O3S. The summed E-state index contributed by atoms with van der Waals surface area (Å²) in [5, 5.41) is 0. The SMILES string of the molecule is CC(c1cc(C(F)(F)F)ccn1)N1C(=O)CS(=O)(=O)c2cccnc21. The number of amides is 1. The fourth-order valence-corrected chi connectivity index (χ4v) is 3.95. The van der Waals surface area contributed by atoms with Gasteiger partial charge in [-0.3, -0.25) is 14.7 Å². The van der Waals surface area contributed by atoms with Crippen LogP contribution >= 0.6 is 0 Å². The first-order valence-corrected chi connectivity index (χ1v) is 8.79. The number of halogens is 3. The standard InChI is InChI=1S/C15H12F3N3O3S/c1-9(11-7-10(4-6-19-11)15(16,17)18)21-13(22)8-25(23,24)12-3-2-5-20-14(12)21/h2-7,9H,8H2,1H3. The van der Waals surface area contributed by atoms with Gasteiger partial charge >= 0.3 is 6.18 Å². The van der Waals surface area contributed by atoms with Gasteiger partial charge in [0.1, 0.15) is 10.6 Å². The number of anilines is 1. The van der Waals surface area contributed by atoms with Gasteiger partial charge in [0.2, 0.25) is 5.91 Å². The van der Waals surface area contributed by atoms with Crippen molar-refractivity contribution in [1.82, 2.24) is 9.97 Å². The zero-order valence-corrected chi connectivity index (χ0v) is 13.7. The molecule has 25 heavy (non-hydrogen) atoms. The molecule has 0 spiro atoms. The third-order valence-corrected chi connectivity index (χ3v) is 5.44. The Morgan fingerprint density at radius 2 is 1.92 bits per heavy atom. The van der Waals surface area contributed by atoms with Crippen molar-refractivity contribution in [3.8, 4) is 0 Å². The molecule has 10 heteroatoms. The van der Waals surface area contributed by atoms with Gasteiger partial charge in [-0.15, -0.1) is 0 Å². The number of alkyl halides is 3. The van der Waals surface area contributed by atoms with E-state index in [1.807, 2.05) is 0 Å². The second-order valence-electron chi connectivity index (χ2n) is 5.49. The number of hydrogen-bond acceptors (Lipinski definition) is 5. The molecule has 6 nitrogen and oxygen atoms in total. The summed E-state index contributed by atoms with van der Waals surface area (Å²) >= 11 is 0. The van der Waals surface area contributed by atoms with Crippen LogP contribution in [0.1, 0.15) is 24.2 Å². The highest BCUT2D eigenvalue weighted by molar-refractivity contribution is 7.92. The van der Waals surface area contributed by atoms with Crippen LogP contribution in [0.3, 0.4) is 0 Å². The summed E-state index contributed by atoms with van der Waals surface area (Å²) < 4.78 is 62.9. The van der Waals surface area contributed by atoms with E-state index in [2.05, 4.69) is 9.97 Å². The van der Waals surface area contributed by atoms with Gasteiger partial charge < -0.3 is 0 Å². The van der Waals surface area contributed by atoms with E-state index in [1.54, 1.807) is 0 Å². The lowest BCUT2D eigenvalue weighted by molar-refractivity contribution is -0.137. The topological polar surface area (TPSA) is 80.2 Å².